The molecule has 1 fully saturated rings. The van der Waals surface area contributed by atoms with Crippen molar-refractivity contribution in [2.75, 3.05) is 5.32 Å². The van der Waals surface area contributed by atoms with Crippen molar-refractivity contribution in [2.45, 2.75) is 44.6 Å². The summed E-state index contributed by atoms with van der Waals surface area (Å²) in [6, 6.07) is 8.93. The first-order chi connectivity index (χ1) is 9.92. The molecule has 0 atom stereocenters. The molecule has 0 amide bonds. The largest absolute Gasteiger partial charge is 0.381 e. The van der Waals surface area contributed by atoms with Crippen molar-refractivity contribution in [1.82, 2.24) is 9.97 Å². The van der Waals surface area contributed by atoms with E-state index in [0.717, 1.165) is 23.7 Å². The highest BCUT2D eigenvalue weighted by atomic mass is 14.9. The number of hydrogen-bond acceptors (Lipinski definition) is 3. The smallest absolute Gasteiger partial charge is 0.115 e. The van der Waals surface area contributed by atoms with Gasteiger partial charge in [-0.15, -0.1) is 0 Å². The maximum absolute atomic E-state index is 4.02. The second-order valence-corrected chi connectivity index (χ2v) is 5.56. The standard InChI is InChI=1S/C17H21N3/c1-2-4-15(5-3-1)16-6-8-17(9-7-16)20-12-14-10-18-13-19-11-14/h6-11,13,15,20H,1-5,12H2. The van der Waals surface area contributed by atoms with E-state index in [0.29, 0.717) is 0 Å². The molecule has 3 nitrogen and oxygen atoms in total. The van der Waals surface area contributed by atoms with Gasteiger partial charge in [-0.05, 0) is 36.5 Å². The third-order valence-corrected chi connectivity index (χ3v) is 4.10. The molecule has 0 radical (unpaired) electrons. The van der Waals surface area contributed by atoms with E-state index in [1.807, 2.05) is 12.4 Å². The molecule has 1 saturated carbocycles. The molecule has 0 bridgehead atoms. The van der Waals surface area contributed by atoms with Gasteiger partial charge in [0.05, 0.1) is 0 Å². The van der Waals surface area contributed by atoms with E-state index in [2.05, 4.69) is 39.6 Å². The van der Waals surface area contributed by atoms with Crippen molar-refractivity contribution in [3.8, 4) is 0 Å². The topological polar surface area (TPSA) is 37.8 Å². The molecule has 104 valence electrons. The van der Waals surface area contributed by atoms with E-state index in [9.17, 15) is 0 Å². The molecule has 1 aliphatic carbocycles. The normalized spacial score (nSPS) is 16.0. The maximum Gasteiger partial charge on any atom is 0.115 e. The van der Waals surface area contributed by atoms with Gasteiger partial charge < -0.3 is 5.32 Å². The Morgan fingerprint density at radius 3 is 2.35 bits per heavy atom. The zero-order chi connectivity index (χ0) is 13.6. The van der Waals surface area contributed by atoms with Crippen LogP contribution in [-0.2, 0) is 6.54 Å². The SMILES string of the molecule is c1ncc(CNc2ccc(C3CCCCC3)cc2)cn1. The predicted octanol–water partition coefficient (Wildman–Crippen LogP) is 4.14. The van der Waals surface area contributed by atoms with Crippen LogP contribution in [0.1, 0.15) is 49.1 Å². The fourth-order valence-electron chi connectivity index (χ4n) is 2.93. The van der Waals surface area contributed by atoms with Crippen LogP contribution < -0.4 is 5.32 Å². The summed E-state index contributed by atoms with van der Waals surface area (Å²) < 4.78 is 0. The second kappa shape index (κ2) is 6.51. The molecule has 20 heavy (non-hydrogen) atoms. The van der Waals surface area contributed by atoms with E-state index >= 15 is 0 Å². The summed E-state index contributed by atoms with van der Waals surface area (Å²) in [5.74, 6) is 0.778. The van der Waals surface area contributed by atoms with Crippen molar-refractivity contribution < 1.29 is 0 Å². The quantitative estimate of drug-likeness (QED) is 0.904. The molecular formula is C17H21N3. The molecule has 2 aromatic rings. The van der Waals surface area contributed by atoms with Gasteiger partial charge >= 0.3 is 0 Å². The fraction of sp³-hybridized carbons (Fsp3) is 0.412. The van der Waals surface area contributed by atoms with Gasteiger partial charge in [0, 0.05) is 30.2 Å². The lowest BCUT2D eigenvalue weighted by Gasteiger charge is -2.22. The Bertz CT molecular complexity index is 516. The first-order valence-corrected chi connectivity index (χ1v) is 7.49. The Balaban J connectivity index is 1.58. The van der Waals surface area contributed by atoms with Crippen LogP contribution in [0.2, 0.25) is 0 Å². The molecule has 1 aliphatic rings. The maximum atomic E-state index is 4.02. The summed E-state index contributed by atoms with van der Waals surface area (Å²) in [4.78, 5) is 8.04. The highest BCUT2D eigenvalue weighted by Gasteiger charge is 2.14. The van der Waals surface area contributed by atoms with E-state index in [1.165, 1.54) is 37.7 Å². The fourth-order valence-corrected chi connectivity index (χ4v) is 2.93. The van der Waals surface area contributed by atoms with E-state index in [-0.39, 0.29) is 0 Å². The molecule has 0 aliphatic heterocycles. The molecule has 1 N–H and O–H groups in total. The lowest BCUT2D eigenvalue weighted by atomic mass is 9.84. The Labute approximate surface area is 120 Å². The van der Waals surface area contributed by atoms with E-state index < -0.39 is 0 Å². The summed E-state index contributed by atoms with van der Waals surface area (Å²) in [7, 11) is 0. The predicted molar refractivity (Wildman–Crippen MR) is 81.6 cm³/mol. The average molecular weight is 267 g/mol. The molecule has 1 aromatic heterocycles. The number of nitrogens with one attached hydrogen (secondary N) is 1. The van der Waals surface area contributed by atoms with E-state index in [4.69, 9.17) is 0 Å². The van der Waals surface area contributed by atoms with Crippen LogP contribution in [0.3, 0.4) is 0 Å². The van der Waals surface area contributed by atoms with Crippen LogP contribution >= 0.6 is 0 Å². The molecular weight excluding hydrogens is 246 g/mol. The molecule has 0 saturated heterocycles. The number of hydrogen-bond donors (Lipinski definition) is 1. The zero-order valence-electron chi connectivity index (χ0n) is 11.8. The first-order valence-electron chi connectivity index (χ1n) is 7.49. The summed E-state index contributed by atoms with van der Waals surface area (Å²) in [6.07, 6.45) is 12.1. The molecule has 1 heterocycles. The number of nitrogens with zero attached hydrogens (tertiary/aromatic N) is 2. The highest BCUT2D eigenvalue weighted by molar-refractivity contribution is 5.45. The number of anilines is 1. The summed E-state index contributed by atoms with van der Waals surface area (Å²) in [6.45, 7) is 0.767. The average Bonchev–Trinajstić information content (AvgIpc) is 2.55. The summed E-state index contributed by atoms with van der Waals surface area (Å²) >= 11 is 0. The number of benzene rings is 1. The Morgan fingerprint density at radius 2 is 1.65 bits per heavy atom. The van der Waals surface area contributed by atoms with Crippen LogP contribution in [0.5, 0.6) is 0 Å². The van der Waals surface area contributed by atoms with Crippen molar-refractivity contribution >= 4 is 5.69 Å². The molecule has 3 heteroatoms. The second-order valence-electron chi connectivity index (χ2n) is 5.56. The van der Waals surface area contributed by atoms with E-state index in [1.54, 1.807) is 6.33 Å². The van der Waals surface area contributed by atoms with Gasteiger partial charge in [0.2, 0.25) is 0 Å². The third kappa shape index (κ3) is 3.35. The molecule has 3 rings (SSSR count). The van der Waals surface area contributed by atoms with Crippen molar-refractivity contribution in [2.24, 2.45) is 0 Å². The van der Waals surface area contributed by atoms with Crippen LogP contribution in [0.15, 0.2) is 43.0 Å². The molecule has 0 spiro atoms. The van der Waals surface area contributed by atoms with Gasteiger partial charge in [0.15, 0.2) is 0 Å². The van der Waals surface area contributed by atoms with Crippen LogP contribution in [0.25, 0.3) is 0 Å². The van der Waals surface area contributed by atoms with Gasteiger partial charge in [-0.3, -0.25) is 0 Å². The first kappa shape index (κ1) is 13.1. The lowest BCUT2D eigenvalue weighted by molar-refractivity contribution is 0.443. The van der Waals surface area contributed by atoms with Crippen LogP contribution in [0.4, 0.5) is 5.69 Å². The number of aromatic nitrogens is 2. The molecule has 0 unspecified atom stereocenters. The summed E-state index contributed by atoms with van der Waals surface area (Å²) in [5, 5.41) is 3.41. The van der Waals surface area contributed by atoms with Gasteiger partial charge in [-0.2, -0.15) is 0 Å². The van der Waals surface area contributed by atoms with Crippen molar-refractivity contribution in [3.63, 3.8) is 0 Å². The molecule has 1 aromatic carbocycles. The van der Waals surface area contributed by atoms with Gasteiger partial charge in [-0.1, -0.05) is 31.4 Å². The Morgan fingerprint density at radius 1 is 0.950 bits per heavy atom. The van der Waals surface area contributed by atoms with Gasteiger partial charge in [0.1, 0.15) is 6.33 Å². The minimum absolute atomic E-state index is 0.767. The third-order valence-electron chi connectivity index (χ3n) is 4.10. The van der Waals surface area contributed by atoms with Gasteiger partial charge in [0.25, 0.3) is 0 Å². The number of rotatable bonds is 4. The zero-order valence-corrected chi connectivity index (χ0v) is 11.8. The van der Waals surface area contributed by atoms with Crippen molar-refractivity contribution in [1.29, 1.82) is 0 Å². The van der Waals surface area contributed by atoms with Crippen LogP contribution in [0, 0.1) is 0 Å². The Hall–Kier alpha value is -1.90. The van der Waals surface area contributed by atoms with Crippen molar-refractivity contribution in [3.05, 3.63) is 54.1 Å². The van der Waals surface area contributed by atoms with Gasteiger partial charge in [-0.25, -0.2) is 9.97 Å². The minimum Gasteiger partial charge on any atom is -0.381 e. The lowest BCUT2D eigenvalue weighted by Crippen LogP contribution is -2.05. The minimum atomic E-state index is 0.767. The Kier molecular flexibility index (Phi) is 4.26. The van der Waals surface area contributed by atoms with Crippen LogP contribution in [-0.4, -0.2) is 9.97 Å². The summed E-state index contributed by atoms with van der Waals surface area (Å²) in [5.41, 5.74) is 3.76. The highest BCUT2D eigenvalue weighted by Crippen LogP contribution is 2.32. The monoisotopic (exact) mass is 267 g/mol.